The zero-order valence-electron chi connectivity index (χ0n) is 11.5. The Morgan fingerprint density at radius 3 is 2.63 bits per heavy atom. The predicted molar refractivity (Wildman–Crippen MR) is 81.4 cm³/mol. The Labute approximate surface area is 123 Å². The van der Waals surface area contributed by atoms with Crippen molar-refractivity contribution >= 4 is 22.4 Å². The molecule has 0 aromatic heterocycles. The van der Waals surface area contributed by atoms with Crippen molar-refractivity contribution in [2.75, 3.05) is 5.75 Å². The summed E-state index contributed by atoms with van der Waals surface area (Å²) < 4.78 is 11.9. The number of hydrogen-bond acceptors (Lipinski definition) is 2. The van der Waals surface area contributed by atoms with Gasteiger partial charge in [-0.3, -0.25) is 4.21 Å². The molecule has 104 valence electrons. The van der Waals surface area contributed by atoms with E-state index in [4.69, 9.17) is 16.9 Å². The lowest BCUT2D eigenvalue weighted by Gasteiger charge is -2.14. The summed E-state index contributed by atoms with van der Waals surface area (Å²) in [6.07, 6.45) is 2.68. The van der Waals surface area contributed by atoms with Gasteiger partial charge in [0.2, 0.25) is 0 Å². The van der Waals surface area contributed by atoms with E-state index in [0.29, 0.717) is 16.5 Å². The monoisotopic (exact) mass is 297 g/mol. The summed E-state index contributed by atoms with van der Waals surface area (Å²) in [6.45, 7) is 3.88. The largest absolute Gasteiger partial charge is 0.259 e. The average Bonchev–Trinajstić information content (AvgIpc) is 2.38. The minimum atomic E-state index is -0.879. The maximum absolute atomic E-state index is 11.9. The number of nitrogens with zero attached hydrogens (tertiary/aromatic N) is 1. The second-order valence-electron chi connectivity index (χ2n) is 5.33. The van der Waals surface area contributed by atoms with Crippen molar-refractivity contribution in [2.24, 2.45) is 5.41 Å². The fraction of sp³-hybridized carbons (Fsp3) is 0.533. The van der Waals surface area contributed by atoms with Crippen LogP contribution in [0.15, 0.2) is 24.3 Å². The Morgan fingerprint density at radius 2 is 2.00 bits per heavy atom. The molecule has 4 heteroatoms. The van der Waals surface area contributed by atoms with Crippen LogP contribution in [0.25, 0.3) is 0 Å². The summed E-state index contributed by atoms with van der Waals surface area (Å²) in [5, 5.41) is 9.59. The van der Waals surface area contributed by atoms with E-state index in [1.165, 1.54) is 0 Å². The molecule has 0 heterocycles. The van der Waals surface area contributed by atoms with Gasteiger partial charge in [0, 0.05) is 27.3 Å². The van der Waals surface area contributed by atoms with Gasteiger partial charge in [-0.2, -0.15) is 5.26 Å². The molecule has 0 bridgehead atoms. The van der Waals surface area contributed by atoms with Gasteiger partial charge in [-0.15, -0.1) is 0 Å². The molecule has 0 aliphatic carbocycles. The van der Waals surface area contributed by atoms with Crippen LogP contribution >= 0.6 is 11.6 Å². The molecule has 19 heavy (non-hydrogen) atoms. The summed E-state index contributed by atoms with van der Waals surface area (Å²) >= 11 is 6.04. The van der Waals surface area contributed by atoms with Crippen LogP contribution in [0.4, 0.5) is 0 Å². The van der Waals surface area contributed by atoms with E-state index in [9.17, 15) is 4.21 Å². The fourth-order valence-corrected chi connectivity index (χ4v) is 3.30. The summed E-state index contributed by atoms with van der Waals surface area (Å²) in [5.41, 5.74) is 0.671. The highest BCUT2D eigenvalue weighted by molar-refractivity contribution is 7.84. The molecule has 0 saturated heterocycles. The lowest BCUT2D eigenvalue weighted by atomic mass is 9.89. The second-order valence-corrected chi connectivity index (χ2v) is 7.32. The van der Waals surface area contributed by atoms with Crippen LogP contribution in [0, 0.1) is 16.7 Å². The molecule has 1 rings (SSSR count). The molecule has 1 aromatic rings. The average molecular weight is 298 g/mol. The smallest absolute Gasteiger partial charge is 0.0683 e. The summed E-state index contributed by atoms with van der Waals surface area (Å²) in [6, 6.07) is 9.81. The molecule has 0 aliphatic heterocycles. The van der Waals surface area contributed by atoms with Crippen molar-refractivity contribution in [3.63, 3.8) is 0 Å². The summed E-state index contributed by atoms with van der Waals surface area (Å²) in [7, 11) is -0.879. The van der Waals surface area contributed by atoms with E-state index in [1.54, 1.807) is 0 Å². The van der Waals surface area contributed by atoms with Gasteiger partial charge in [0.25, 0.3) is 0 Å². The van der Waals surface area contributed by atoms with Gasteiger partial charge in [-0.1, -0.05) is 36.2 Å². The topological polar surface area (TPSA) is 40.9 Å². The normalized spacial score (nSPS) is 12.9. The highest BCUT2D eigenvalue weighted by Crippen LogP contribution is 2.22. The Morgan fingerprint density at radius 1 is 1.32 bits per heavy atom. The SMILES string of the molecule is CC(C)(C#N)CCCCS(=O)Cc1ccccc1Cl. The van der Waals surface area contributed by atoms with E-state index in [1.807, 2.05) is 38.1 Å². The zero-order chi connectivity index (χ0) is 14.3. The van der Waals surface area contributed by atoms with E-state index in [2.05, 4.69) is 6.07 Å². The Kier molecular flexibility index (Phi) is 6.54. The molecule has 1 aromatic carbocycles. The van der Waals surface area contributed by atoms with Crippen molar-refractivity contribution in [3.05, 3.63) is 34.9 Å². The van der Waals surface area contributed by atoms with E-state index < -0.39 is 10.8 Å². The van der Waals surface area contributed by atoms with Crippen molar-refractivity contribution in [2.45, 2.75) is 38.9 Å². The number of benzene rings is 1. The maximum Gasteiger partial charge on any atom is 0.0683 e. The van der Waals surface area contributed by atoms with Gasteiger partial charge in [0.05, 0.1) is 11.5 Å². The molecule has 2 nitrogen and oxygen atoms in total. The summed E-state index contributed by atoms with van der Waals surface area (Å²) in [5.74, 6) is 1.19. The number of halogens is 1. The van der Waals surface area contributed by atoms with Crippen molar-refractivity contribution in [1.82, 2.24) is 0 Å². The van der Waals surface area contributed by atoms with E-state index in [-0.39, 0.29) is 5.41 Å². The first-order valence-corrected chi connectivity index (χ1v) is 8.31. The van der Waals surface area contributed by atoms with Crippen molar-refractivity contribution in [3.8, 4) is 6.07 Å². The minimum absolute atomic E-state index is 0.274. The lowest BCUT2D eigenvalue weighted by molar-refractivity contribution is 0.432. The van der Waals surface area contributed by atoms with Gasteiger partial charge >= 0.3 is 0 Å². The third-order valence-corrected chi connectivity index (χ3v) is 4.75. The lowest BCUT2D eigenvalue weighted by Crippen LogP contribution is -2.08. The van der Waals surface area contributed by atoms with E-state index >= 15 is 0 Å². The fourth-order valence-electron chi connectivity index (χ4n) is 1.75. The Balaban J connectivity index is 2.30. The molecule has 1 unspecified atom stereocenters. The molecule has 0 spiro atoms. The van der Waals surface area contributed by atoms with Gasteiger partial charge in [-0.25, -0.2) is 0 Å². The molecule has 1 atom stereocenters. The van der Waals surface area contributed by atoms with Gasteiger partial charge in [0.1, 0.15) is 0 Å². The molecule has 0 aliphatic rings. The molecule has 0 N–H and O–H groups in total. The summed E-state index contributed by atoms with van der Waals surface area (Å²) in [4.78, 5) is 0. The van der Waals surface area contributed by atoms with Gasteiger partial charge in [0.15, 0.2) is 0 Å². The number of unbranched alkanes of at least 4 members (excludes halogenated alkanes) is 1. The number of rotatable bonds is 7. The number of nitriles is 1. The van der Waals surface area contributed by atoms with Crippen LogP contribution in [0.1, 0.15) is 38.7 Å². The molecule has 0 saturated carbocycles. The third kappa shape index (κ3) is 6.22. The molecule has 0 fully saturated rings. The first-order valence-electron chi connectivity index (χ1n) is 6.44. The second kappa shape index (κ2) is 7.67. The Hall–Kier alpha value is -0.850. The van der Waals surface area contributed by atoms with Crippen molar-refractivity contribution < 1.29 is 4.21 Å². The molecule has 0 amide bonds. The molecular weight excluding hydrogens is 278 g/mol. The molecule has 0 radical (unpaired) electrons. The molecular formula is C15H20ClNOS. The van der Waals surface area contributed by atoms with Crippen LogP contribution in [0.5, 0.6) is 0 Å². The van der Waals surface area contributed by atoms with Crippen LogP contribution in [0.2, 0.25) is 5.02 Å². The quantitative estimate of drug-likeness (QED) is 0.704. The maximum atomic E-state index is 11.9. The third-order valence-electron chi connectivity index (χ3n) is 3.00. The minimum Gasteiger partial charge on any atom is -0.259 e. The van der Waals surface area contributed by atoms with Crippen LogP contribution in [-0.4, -0.2) is 9.96 Å². The van der Waals surface area contributed by atoms with Gasteiger partial charge in [-0.05, 0) is 38.3 Å². The first-order chi connectivity index (χ1) is 8.94. The van der Waals surface area contributed by atoms with Gasteiger partial charge < -0.3 is 0 Å². The highest BCUT2D eigenvalue weighted by Gasteiger charge is 2.15. The highest BCUT2D eigenvalue weighted by atomic mass is 35.5. The standard InChI is InChI=1S/C15H20ClNOS/c1-15(2,12-17)9-5-6-10-19(18)11-13-7-3-4-8-14(13)16/h3-4,7-8H,5-6,9-11H2,1-2H3. The predicted octanol–water partition coefficient (Wildman–Crippen LogP) is 4.31. The zero-order valence-corrected chi connectivity index (χ0v) is 13.1. The van der Waals surface area contributed by atoms with Crippen LogP contribution in [0.3, 0.4) is 0 Å². The number of hydrogen-bond donors (Lipinski definition) is 0. The van der Waals surface area contributed by atoms with Crippen LogP contribution in [-0.2, 0) is 16.6 Å². The Bertz CT molecular complexity index is 479. The van der Waals surface area contributed by atoms with E-state index in [0.717, 1.165) is 24.8 Å². The first kappa shape index (κ1) is 16.2. The van der Waals surface area contributed by atoms with Crippen molar-refractivity contribution in [1.29, 1.82) is 5.26 Å². The van der Waals surface area contributed by atoms with Crippen LogP contribution < -0.4 is 0 Å².